The molecule has 5 heteroatoms. The van der Waals surface area contributed by atoms with Crippen LogP contribution < -0.4 is 5.32 Å². The lowest BCUT2D eigenvalue weighted by atomic mass is 10.2. The maximum atomic E-state index is 5.29. The van der Waals surface area contributed by atoms with Crippen LogP contribution in [0.5, 0.6) is 0 Å². The van der Waals surface area contributed by atoms with Crippen molar-refractivity contribution in [2.75, 3.05) is 20.3 Å². The molecule has 5 nitrogen and oxygen atoms in total. The highest BCUT2D eigenvalue weighted by atomic mass is 16.5. The van der Waals surface area contributed by atoms with Gasteiger partial charge < -0.3 is 14.6 Å². The monoisotopic (exact) mass is 261 g/mol. The highest BCUT2D eigenvalue weighted by molar-refractivity contribution is 5.53. The quantitative estimate of drug-likeness (QED) is 0.825. The second-order valence-electron chi connectivity index (χ2n) is 4.29. The van der Waals surface area contributed by atoms with Crippen LogP contribution in [0.1, 0.15) is 12.8 Å². The van der Waals surface area contributed by atoms with Crippen LogP contribution in [-0.2, 0) is 11.2 Å². The molecule has 2 rings (SSSR count). The van der Waals surface area contributed by atoms with Gasteiger partial charge in [0, 0.05) is 25.1 Å². The summed E-state index contributed by atoms with van der Waals surface area (Å²) in [5, 5.41) is 7.33. The zero-order chi connectivity index (χ0) is 13.5. The number of nitrogens with zero attached hydrogens (tertiary/aromatic N) is 2. The van der Waals surface area contributed by atoms with Gasteiger partial charge in [-0.15, -0.1) is 0 Å². The van der Waals surface area contributed by atoms with Crippen LogP contribution in [0, 0.1) is 0 Å². The number of hydrogen-bond donors (Lipinski definition) is 1. The van der Waals surface area contributed by atoms with E-state index < -0.39 is 0 Å². The summed E-state index contributed by atoms with van der Waals surface area (Å²) in [4.78, 5) is 4.41. The Morgan fingerprint density at radius 1 is 1.32 bits per heavy atom. The van der Waals surface area contributed by atoms with Crippen molar-refractivity contribution in [2.45, 2.75) is 19.4 Å². The van der Waals surface area contributed by atoms with Gasteiger partial charge in [0.25, 0.3) is 0 Å². The predicted octanol–water partition coefficient (Wildman–Crippen LogP) is 1.90. The molecule has 0 fully saturated rings. The van der Waals surface area contributed by atoms with Gasteiger partial charge in [-0.25, -0.2) is 0 Å². The van der Waals surface area contributed by atoms with Gasteiger partial charge in [0.05, 0.1) is 6.61 Å². The molecule has 1 aromatic carbocycles. The molecule has 0 aliphatic carbocycles. The molecule has 19 heavy (non-hydrogen) atoms. The molecule has 1 atom stereocenters. The first kappa shape index (κ1) is 13.7. The Balaban J connectivity index is 2.04. The molecule has 1 aromatic heterocycles. The zero-order valence-corrected chi connectivity index (χ0v) is 11.3. The maximum Gasteiger partial charge on any atom is 0.228 e. The van der Waals surface area contributed by atoms with Crippen molar-refractivity contribution in [1.29, 1.82) is 0 Å². The van der Waals surface area contributed by atoms with Crippen LogP contribution in [0.2, 0.25) is 0 Å². The van der Waals surface area contributed by atoms with Gasteiger partial charge in [-0.1, -0.05) is 42.4 Å². The van der Waals surface area contributed by atoms with Crippen LogP contribution in [0.3, 0.4) is 0 Å². The number of likely N-dealkylation sites (N-methyl/N-ethyl adjacent to an activating group) is 1. The lowest BCUT2D eigenvalue weighted by Gasteiger charge is -2.14. The van der Waals surface area contributed by atoms with Gasteiger partial charge in [-0.3, -0.25) is 0 Å². The van der Waals surface area contributed by atoms with Crippen LogP contribution in [0.15, 0.2) is 34.9 Å². The van der Waals surface area contributed by atoms with Crippen molar-refractivity contribution in [1.82, 2.24) is 15.5 Å². The van der Waals surface area contributed by atoms with Crippen molar-refractivity contribution < 1.29 is 9.26 Å². The summed E-state index contributed by atoms with van der Waals surface area (Å²) in [7, 11) is 1.69. The minimum absolute atomic E-state index is 0.194. The fraction of sp³-hybridized carbons (Fsp3) is 0.429. The van der Waals surface area contributed by atoms with Gasteiger partial charge in [0.1, 0.15) is 0 Å². The minimum atomic E-state index is 0.194. The van der Waals surface area contributed by atoms with E-state index in [0.29, 0.717) is 24.7 Å². The second kappa shape index (κ2) is 7.01. The molecule has 1 N–H and O–H groups in total. The lowest BCUT2D eigenvalue weighted by Crippen LogP contribution is -2.35. The van der Waals surface area contributed by atoms with E-state index in [1.54, 1.807) is 7.11 Å². The molecule has 1 heterocycles. The number of ether oxygens (including phenoxy) is 1. The van der Waals surface area contributed by atoms with E-state index in [-0.39, 0.29) is 6.04 Å². The Bertz CT molecular complexity index is 478. The van der Waals surface area contributed by atoms with E-state index in [4.69, 9.17) is 9.26 Å². The Morgan fingerprint density at radius 2 is 2.11 bits per heavy atom. The van der Waals surface area contributed by atoms with Crippen LogP contribution in [0.4, 0.5) is 0 Å². The molecular weight excluding hydrogens is 242 g/mol. The predicted molar refractivity (Wildman–Crippen MR) is 72.8 cm³/mol. The SMILES string of the molecule is CCNC(COC)Cc1nc(-c2ccccc2)no1. The summed E-state index contributed by atoms with van der Waals surface area (Å²) in [6.07, 6.45) is 0.668. The summed E-state index contributed by atoms with van der Waals surface area (Å²) in [5.74, 6) is 1.25. The minimum Gasteiger partial charge on any atom is -0.383 e. The Morgan fingerprint density at radius 3 is 2.79 bits per heavy atom. The molecule has 0 aliphatic rings. The van der Waals surface area contributed by atoms with Crippen LogP contribution >= 0.6 is 0 Å². The Labute approximate surface area is 113 Å². The molecular formula is C14H19N3O2. The molecule has 102 valence electrons. The first-order chi connectivity index (χ1) is 9.33. The topological polar surface area (TPSA) is 60.2 Å². The van der Waals surface area contributed by atoms with E-state index in [9.17, 15) is 0 Å². The standard InChI is InChI=1S/C14H19N3O2/c1-3-15-12(10-18-2)9-13-16-14(17-19-13)11-7-5-4-6-8-11/h4-8,12,15H,3,9-10H2,1-2H3. The molecule has 0 amide bonds. The van der Waals surface area contributed by atoms with Crippen molar-refractivity contribution >= 4 is 0 Å². The first-order valence-electron chi connectivity index (χ1n) is 6.43. The molecule has 0 saturated carbocycles. The van der Waals surface area contributed by atoms with E-state index in [1.807, 2.05) is 30.3 Å². The summed E-state index contributed by atoms with van der Waals surface area (Å²) < 4.78 is 10.5. The van der Waals surface area contributed by atoms with Gasteiger partial charge >= 0.3 is 0 Å². The number of nitrogens with one attached hydrogen (secondary N) is 1. The van der Waals surface area contributed by atoms with E-state index in [2.05, 4.69) is 22.4 Å². The lowest BCUT2D eigenvalue weighted by molar-refractivity contribution is 0.162. The summed E-state index contributed by atoms with van der Waals surface area (Å²) in [6, 6.07) is 10.00. The third-order valence-electron chi connectivity index (χ3n) is 2.78. The molecule has 0 bridgehead atoms. The first-order valence-corrected chi connectivity index (χ1v) is 6.43. The highest BCUT2D eigenvalue weighted by Gasteiger charge is 2.14. The normalized spacial score (nSPS) is 12.5. The maximum absolute atomic E-state index is 5.29. The smallest absolute Gasteiger partial charge is 0.228 e. The fourth-order valence-electron chi connectivity index (χ4n) is 1.93. The van der Waals surface area contributed by atoms with Crippen molar-refractivity contribution in [3.05, 3.63) is 36.2 Å². The number of aromatic nitrogens is 2. The average Bonchev–Trinajstić information content (AvgIpc) is 2.89. The highest BCUT2D eigenvalue weighted by Crippen LogP contribution is 2.15. The number of methoxy groups -OCH3 is 1. The van der Waals surface area contributed by atoms with Gasteiger partial charge in [-0.05, 0) is 6.54 Å². The Hall–Kier alpha value is -1.72. The number of hydrogen-bond acceptors (Lipinski definition) is 5. The zero-order valence-electron chi connectivity index (χ0n) is 11.3. The van der Waals surface area contributed by atoms with Crippen molar-refractivity contribution in [2.24, 2.45) is 0 Å². The molecule has 0 radical (unpaired) electrons. The number of rotatable bonds is 7. The molecule has 1 unspecified atom stereocenters. The van der Waals surface area contributed by atoms with Crippen molar-refractivity contribution in [3.63, 3.8) is 0 Å². The van der Waals surface area contributed by atoms with Gasteiger partial charge in [-0.2, -0.15) is 4.98 Å². The largest absolute Gasteiger partial charge is 0.383 e. The van der Waals surface area contributed by atoms with Gasteiger partial charge in [0.15, 0.2) is 0 Å². The Kier molecular flexibility index (Phi) is 5.06. The van der Waals surface area contributed by atoms with Crippen LogP contribution in [-0.4, -0.2) is 36.4 Å². The van der Waals surface area contributed by atoms with E-state index in [0.717, 1.165) is 12.1 Å². The molecule has 0 aliphatic heterocycles. The third kappa shape index (κ3) is 3.87. The number of benzene rings is 1. The second-order valence-corrected chi connectivity index (χ2v) is 4.29. The van der Waals surface area contributed by atoms with E-state index in [1.165, 1.54) is 0 Å². The molecule has 0 spiro atoms. The van der Waals surface area contributed by atoms with E-state index >= 15 is 0 Å². The van der Waals surface area contributed by atoms with Crippen molar-refractivity contribution in [3.8, 4) is 11.4 Å². The third-order valence-corrected chi connectivity index (χ3v) is 2.78. The summed E-state index contributed by atoms with van der Waals surface area (Å²) in [6.45, 7) is 3.57. The fourth-order valence-corrected chi connectivity index (χ4v) is 1.93. The molecule has 2 aromatic rings. The molecule has 0 saturated heterocycles. The summed E-state index contributed by atoms with van der Waals surface area (Å²) >= 11 is 0. The average molecular weight is 261 g/mol. The summed E-state index contributed by atoms with van der Waals surface area (Å²) in [5.41, 5.74) is 0.962. The van der Waals surface area contributed by atoms with Crippen LogP contribution in [0.25, 0.3) is 11.4 Å². The van der Waals surface area contributed by atoms with Gasteiger partial charge in [0.2, 0.25) is 11.7 Å².